The third-order valence-corrected chi connectivity index (χ3v) is 6.82. The average Bonchev–Trinajstić information content (AvgIpc) is 3.22. The van der Waals surface area contributed by atoms with Crippen molar-refractivity contribution in [2.24, 2.45) is 0 Å². The molecule has 3 aromatic rings. The number of hydrogen-bond acceptors (Lipinski definition) is 8. The van der Waals surface area contributed by atoms with E-state index >= 15 is 4.39 Å². The lowest BCUT2D eigenvalue weighted by molar-refractivity contribution is -0.138. The number of ether oxygens (including phenoxy) is 1. The van der Waals surface area contributed by atoms with Crippen LogP contribution in [0.25, 0.3) is 22.3 Å². The van der Waals surface area contributed by atoms with Crippen molar-refractivity contribution in [1.29, 1.82) is 0 Å². The Labute approximate surface area is 206 Å². The van der Waals surface area contributed by atoms with Crippen molar-refractivity contribution in [3.63, 3.8) is 0 Å². The Morgan fingerprint density at radius 2 is 2.14 bits per heavy atom. The number of carbonyl (C=O) groups excluding carboxylic acids is 1. The fraction of sp³-hybridized carbons (Fsp3) is 0.478. The van der Waals surface area contributed by atoms with Gasteiger partial charge in [0.25, 0.3) is 0 Å². The zero-order valence-corrected chi connectivity index (χ0v) is 20.3. The molecule has 10 nitrogen and oxygen atoms in total. The number of aryl methyl sites for hydroxylation is 1. The van der Waals surface area contributed by atoms with Crippen molar-refractivity contribution in [2.45, 2.75) is 31.5 Å². The molecular weight excluding hydrogens is 477 g/mol. The van der Waals surface area contributed by atoms with E-state index in [4.69, 9.17) is 16.3 Å². The maximum atomic E-state index is 15.1. The number of aliphatic hydroxyl groups is 1. The van der Waals surface area contributed by atoms with Crippen LogP contribution in [0.1, 0.15) is 12.8 Å². The van der Waals surface area contributed by atoms with Gasteiger partial charge in [0, 0.05) is 45.9 Å². The number of aromatic nitrogens is 4. The van der Waals surface area contributed by atoms with Crippen LogP contribution in [0.4, 0.5) is 16.3 Å². The number of rotatable bonds is 5. The Hall–Kier alpha value is -3.02. The summed E-state index contributed by atoms with van der Waals surface area (Å²) in [5.41, 5.74) is 1.90. The molecular formula is C23H27ClFN7O3. The van der Waals surface area contributed by atoms with Gasteiger partial charge in [0.15, 0.2) is 5.82 Å². The summed E-state index contributed by atoms with van der Waals surface area (Å²) < 4.78 is 22.0. The molecule has 2 aromatic heterocycles. The lowest BCUT2D eigenvalue weighted by Crippen LogP contribution is -2.52. The maximum Gasteiger partial charge on any atom is 0.248 e. The van der Waals surface area contributed by atoms with E-state index < -0.39 is 11.9 Å². The van der Waals surface area contributed by atoms with Gasteiger partial charge in [0.1, 0.15) is 12.1 Å². The van der Waals surface area contributed by atoms with E-state index in [0.29, 0.717) is 35.3 Å². The van der Waals surface area contributed by atoms with E-state index in [-0.39, 0.29) is 36.1 Å². The lowest BCUT2D eigenvalue weighted by Gasteiger charge is -2.36. The molecule has 2 aliphatic rings. The number of methoxy groups -OCH3 is 1. The van der Waals surface area contributed by atoms with Crippen molar-refractivity contribution in [3.8, 4) is 11.3 Å². The van der Waals surface area contributed by atoms with Gasteiger partial charge in [-0.15, -0.1) is 0 Å². The predicted molar refractivity (Wildman–Crippen MR) is 130 cm³/mol. The molecule has 1 fully saturated rings. The molecule has 0 spiro atoms. The van der Waals surface area contributed by atoms with Crippen LogP contribution in [0.15, 0.2) is 18.3 Å². The third kappa shape index (κ3) is 4.51. The number of benzene rings is 1. The summed E-state index contributed by atoms with van der Waals surface area (Å²) in [5, 5.41) is 14.0. The van der Waals surface area contributed by atoms with Crippen LogP contribution in [-0.4, -0.2) is 88.0 Å². The Kier molecular flexibility index (Phi) is 6.47. The van der Waals surface area contributed by atoms with Crippen molar-refractivity contribution >= 4 is 40.4 Å². The predicted octanol–water partition coefficient (Wildman–Crippen LogP) is 2.15. The number of likely N-dealkylation sites (tertiary alicyclic amines) is 1. The first kappa shape index (κ1) is 23.7. The summed E-state index contributed by atoms with van der Waals surface area (Å²) in [6.07, 6.45) is 2.10. The largest absolute Gasteiger partial charge is 0.389 e. The zero-order chi connectivity index (χ0) is 24.7. The lowest BCUT2D eigenvalue weighted by atomic mass is 10.0. The molecule has 4 heterocycles. The summed E-state index contributed by atoms with van der Waals surface area (Å²) >= 11 is 6.42. The van der Waals surface area contributed by atoms with E-state index in [0.717, 1.165) is 25.5 Å². The van der Waals surface area contributed by atoms with Crippen LogP contribution < -0.4 is 10.2 Å². The van der Waals surface area contributed by atoms with Gasteiger partial charge in [-0.3, -0.25) is 4.79 Å². The molecule has 1 saturated heterocycles. The molecule has 0 bridgehead atoms. The van der Waals surface area contributed by atoms with Gasteiger partial charge in [0.2, 0.25) is 17.8 Å². The molecule has 0 aliphatic carbocycles. The van der Waals surface area contributed by atoms with Gasteiger partial charge in [-0.2, -0.15) is 0 Å². The number of fused-ring (bicyclic) bond motifs is 3. The minimum Gasteiger partial charge on any atom is -0.389 e. The molecule has 35 heavy (non-hydrogen) atoms. The van der Waals surface area contributed by atoms with E-state index in [1.165, 1.54) is 19.4 Å². The molecule has 2 aliphatic heterocycles. The standard InChI is InChI=1S/C23H27ClFN7O3/c1-30-5-3-6-32-17-9-13(8-15(25)21(17)29-23(30)32)20-14(24)10-26-22(28-20)27-16-4-7-31(11-18(16)33)19(34)12-35-2/h8-10,16,18,33H,3-7,11-12H2,1-2H3,(H,26,27,28)/t16-,18-/m1/s1. The number of anilines is 2. The topological polar surface area (TPSA) is 109 Å². The second-order valence-corrected chi connectivity index (χ2v) is 9.34. The minimum atomic E-state index is -0.809. The second-order valence-electron chi connectivity index (χ2n) is 8.93. The normalized spacial score (nSPS) is 20.3. The highest BCUT2D eigenvalue weighted by Gasteiger charge is 2.31. The summed E-state index contributed by atoms with van der Waals surface area (Å²) in [7, 11) is 3.41. The Morgan fingerprint density at radius 3 is 2.91 bits per heavy atom. The van der Waals surface area contributed by atoms with Crippen LogP contribution >= 0.6 is 11.6 Å². The van der Waals surface area contributed by atoms with E-state index in [9.17, 15) is 9.90 Å². The Balaban J connectivity index is 1.41. The quantitative estimate of drug-likeness (QED) is 0.545. The number of amides is 1. The molecule has 2 N–H and O–H groups in total. The molecule has 1 amide bonds. The van der Waals surface area contributed by atoms with Crippen molar-refractivity contribution in [1.82, 2.24) is 24.4 Å². The summed E-state index contributed by atoms with van der Waals surface area (Å²) in [4.78, 5) is 28.9. The molecule has 0 radical (unpaired) electrons. The first-order valence-corrected chi connectivity index (χ1v) is 11.9. The average molecular weight is 504 g/mol. The number of aliphatic hydroxyl groups excluding tert-OH is 1. The molecule has 12 heteroatoms. The van der Waals surface area contributed by atoms with Gasteiger partial charge >= 0.3 is 0 Å². The molecule has 0 saturated carbocycles. The summed E-state index contributed by atoms with van der Waals surface area (Å²) in [5.74, 6) is 0.393. The zero-order valence-electron chi connectivity index (χ0n) is 19.5. The van der Waals surface area contributed by atoms with Gasteiger partial charge in [-0.1, -0.05) is 11.6 Å². The fourth-order valence-electron chi connectivity index (χ4n) is 4.73. The number of nitrogens with zero attached hydrogens (tertiary/aromatic N) is 6. The second kappa shape index (κ2) is 9.56. The number of hydrogen-bond donors (Lipinski definition) is 2. The molecule has 2 atom stereocenters. The smallest absolute Gasteiger partial charge is 0.248 e. The fourth-order valence-corrected chi connectivity index (χ4v) is 4.93. The highest BCUT2D eigenvalue weighted by atomic mass is 35.5. The third-order valence-electron chi connectivity index (χ3n) is 6.54. The van der Waals surface area contributed by atoms with Gasteiger partial charge in [0.05, 0.1) is 34.6 Å². The van der Waals surface area contributed by atoms with Crippen LogP contribution in [0.2, 0.25) is 5.02 Å². The first-order valence-electron chi connectivity index (χ1n) is 11.5. The van der Waals surface area contributed by atoms with Gasteiger partial charge < -0.3 is 29.5 Å². The Morgan fingerprint density at radius 1 is 1.31 bits per heavy atom. The number of halogens is 2. The summed E-state index contributed by atoms with van der Waals surface area (Å²) in [6, 6.07) is 2.88. The molecule has 186 valence electrons. The van der Waals surface area contributed by atoms with Crippen LogP contribution in [0, 0.1) is 5.82 Å². The molecule has 1 aromatic carbocycles. The van der Waals surface area contributed by atoms with Gasteiger partial charge in [-0.05, 0) is 25.0 Å². The number of β-amino-alcohol motifs (C(OH)–C–C–N with tert-alkyl or cyclic N) is 1. The van der Waals surface area contributed by atoms with Crippen molar-refractivity contribution in [2.75, 3.05) is 50.6 Å². The highest BCUT2D eigenvalue weighted by molar-refractivity contribution is 6.33. The van der Waals surface area contributed by atoms with E-state index in [1.54, 1.807) is 4.90 Å². The number of imidazole rings is 1. The summed E-state index contributed by atoms with van der Waals surface area (Å²) in [6.45, 7) is 2.26. The number of carbonyl (C=O) groups is 1. The SMILES string of the molecule is COCC(=O)N1CC[C@@H](Nc2ncc(Cl)c(-c3cc(F)c4nc5n(c4c3)CCCN5C)n2)[C@H](O)C1. The van der Waals surface area contributed by atoms with E-state index in [1.807, 2.05) is 22.6 Å². The van der Waals surface area contributed by atoms with E-state index in [2.05, 4.69) is 20.3 Å². The minimum absolute atomic E-state index is 0.0218. The van der Waals surface area contributed by atoms with Crippen LogP contribution in [0.3, 0.4) is 0 Å². The Bertz CT molecular complexity index is 1270. The van der Waals surface area contributed by atoms with Crippen molar-refractivity contribution < 1.29 is 19.0 Å². The molecule has 5 rings (SSSR count). The maximum absolute atomic E-state index is 15.1. The number of piperidine rings is 1. The number of nitrogens with one attached hydrogen (secondary N) is 1. The van der Waals surface area contributed by atoms with Crippen LogP contribution in [0.5, 0.6) is 0 Å². The van der Waals surface area contributed by atoms with Crippen molar-refractivity contribution in [3.05, 3.63) is 29.2 Å². The highest BCUT2D eigenvalue weighted by Crippen LogP contribution is 2.34. The first-order chi connectivity index (χ1) is 16.9. The van der Waals surface area contributed by atoms with Crippen LogP contribution in [-0.2, 0) is 16.1 Å². The molecule has 0 unspecified atom stereocenters. The monoisotopic (exact) mass is 503 g/mol. The van der Waals surface area contributed by atoms with Gasteiger partial charge in [-0.25, -0.2) is 19.3 Å².